The quantitative estimate of drug-likeness (QED) is 0.214. The molecule has 2 aromatic heterocycles. The van der Waals surface area contributed by atoms with E-state index in [2.05, 4.69) is 21.4 Å². The zero-order chi connectivity index (χ0) is 30.0. The first kappa shape index (κ1) is 29.4. The average Bonchev–Trinajstić information content (AvgIpc) is 3.37. The number of pyridine rings is 1. The van der Waals surface area contributed by atoms with E-state index in [0.29, 0.717) is 49.5 Å². The molecule has 2 atom stereocenters. The fraction of sp³-hybridized carbons (Fsp3) is 0.393. The van der Waals surface area contributed by atoms with Crippen molar-refractivity contribution in [1.29, 1.82) is 5.41 Å². The second kappa shape index (κ2) is 12.4. The zero-order valence-corrected chi connectivity index (χ0v) is 24.1. The van der Waals surface area contributed by atoms with Gasteiger partial charge in [0.2, 0.25) is 11.8 Å². The van der Waals surface area contributed by atoms with E-state index in [1.165, 1.54) is 12.3 Å². The molecule has 0 unspecified atom stereocenters. The number of rotatable bonds is 9. The predicted molar refractivity (Wildman–Crippen MR) is 157 cm³/mol. The van der Waals surface area contributed by atoms with Gasteiger partial charge in [-0.05, 0) is 31.7 Å². The van der Waals surface area contributed by atoms with Gasteiger partial charge in [0.25, 0.3) is 0 Å². The van der Waals surface area contributed by atoms with Gasteiger partial charge in [0.1, 0.15) is 28.8 Å². The van der Waals surface area contributed by atoms with E-state index in [1.807, 2.05) is 11.9 Å². The molecule has 0 radical (unpaired) electrons. The molecule has 3 N–H and O–H groups in total. The van der Waals surface area contributed by atoms with Gasteiger partial charge in [-0.25, -0.2) is 9.37 Å². The van der Waals surface area contributed by atoms with Crippen LogP contribution in [-0.2, 0) is 9.53 Å². The summed E-state index contributed by atoms with van der Waals surface area (Å²) in [6.45, 7) is 6.67. The molecule has 2 saturated heterocycles. The Bertz CT molecular complexity index is 1520. The molecule has 42 heavy (non-hydrogen) atoms. The number of ether oxygens (including phenoxy) is 3. The summed E-state index contributed by atoms with van der Waals surface area (Å²) >= 11 is 6.24. The van der Waals surface area contributed by atoms with Gasteiger partial charge in [-0.15, -0.1) is 0 Å². The van der Waals surface area contributed by atoms with E-state index in [1.54, 1.807) is 18.1 Å². The third kappa shape index (κ3) is 5.80. The summed E-state index contributed by atoms with van der Waals surface area (Å²) in [5, 5.41) is 8.04. The highest BCUT2D eigenvalue weighted by molar-refractivity contribution is 6.33. The van der Waals surface area contributed by atoms with Crippen LogP contribution in [-0.4, -0.2) is 103 Å². The van der Waals surface area contributed by atoms with E-state index < -0.39 is 5.82 Å². The van der Waals surface area contributed by atoms with Crippen LogP contribution in [0, 0.1) is 11.2 Å². The number of likely N-dealkylation sites (N-methyl/N-ethyl adjacent to an activating group) is 1. The van der Waals surface area contributed by atoms with Gasteiger partial charge in [0.05, 0.1) is 17.1 Å². The maximum absolute atomic E-state index is 14.5. The van der Waals surface area contributed by atoms with Crippen LogP contribution in [0.15, 0.2) is 31.0 Å². The molecule has 2 fully saturated rings. The summed E-state index contributed by atoms with van der Waals surface area (Å²) in [7, 11) is 3.70. The first-order valence-electron chi connectivity index (χ1n) is 13.4. The van der Waals surface area contributed by atoms with Gasteiger partial charge in [0, 0.05) is 64.0 Å². The molecular formula is C28H32ClFN8O4. The Morgan fingerprint density at radius 2 is 2.07 bits per heavy atom. The molecule has 3 aromatic rings. The number of nitrogens with zero attached hydrogens (tertiary/aromatic N) is 6. The number of carbonyl (C=O) groups is 1. The van der Waals surface area contributed by atoms with Gasteiger partial charge in [0.15, 0.2) is 5.75 Å². The lowest BCUT2D eigenvalue weighted by molar-refractivity contribution is -0.126. The number of aromatic nitrogens is 3. The molecule has 14 heteroatoms. The van der Waals surface area contributed by atoms with Crippen molar-refractivity contribution in [3.05, 3.63) is 47.4 Å². The highest BCUT2D eigenvalue weighted by atomic mass is 35.5. The lowest BCUT2D eigenvalue weighted by Crippen LogP contribution is -2.48. The van der Waals surface area contributed by atoms with Gasteiger partial charge in [-0.3, -0.25) is 9.69 Å². The van der Waals surface area contributed by atoms with Gasteiger partial charge < -0.3 is 35.2 Å². The van der Waals surface area contributed by atoms with E-state index in [0.717, 1.165) is 25.2 Å². The van der Waals surface area contributed by atoms with E-state index in [9.17, 15) is 9.18 Å². The molecule has 222 valence electrons. The molecule has 0 saturated carbocycles. The second-order valence-corrected chi connectivity index (χ2v) is 10.5. The van der Waals surface area contributed by atoms with Gasteiger partial charge in [-0.1, -0.05) is 18.2 Å². The number of likely N-dealkylation sites (tertiary alicyclic amines) is 1. The molecule has 2 aliphatic heterocycles. The summed E-state index contributed by atoms with van der Waals surface area (Å²) in [5.41, 5.74) is 6.33. The lowest BCUT2D eigenvalue weighted by Gasteiger charge is -2.35. The van der Waals surface area contributed by atoms with Crippen molar-refractivity contribution in [3.8, 4) is 17.6 Å². The highest BCUT2D eigenvalue weighted by Crippen LogP contribution is 2.40. The van der Waals surface area contributed by atoms with Crippen LogP contribution in [0.5, 0.6) is 17.6 Å². The van der Waals surface area contributed by atoms with Crippen LogP contribution in [0.1, 0.15) is 12.0 Å². The number of halogens is 2. The molecule has 0 bridgehead atoms. The topological polar surface area (TPSA) is 143 Å². The number of hydrogen-bond donors (Lipinski definition) is 2. The minimum Gasteiger partial charge on any atom is -0.462 e. The van der Waals surface area contributed by atoms with Crippen molar-refractivity contribution >= 4 is 46.1 Å². The number of amides is 1. The van der Waals surface area contributed by atoms with Crippen molar-refractivity contribution in [2.24, 2.45) is 0 Å². The number of piperazine rings is 1. The van der Waals surface area contributed by atoms with Crippen LogP contribution in [0.4, 0.5) is 15.9 Å². The Morgan fingerprint density at radius 1 is 1.31 bits per heavy atom. The van der Waals surface area contributed by atoms with E-state index in [4.69, 9.17) is 41.9 Å². The van der Waals surface area contributed by atoms with E-state index >= 15 is 0 Å². The number of carbonyl (C=O) groups excluding carboxylic acids is 1. The molecule has 1 amide bonds. The number of nitrogens with one attached hydrogen (secondary N) is 1. The van der Waals surface area contributed by atoms with Crippen LogP contribution >= 0.6 is 11.6 Å². The van der Waals surface area contributed by atoms with Crippen molar-refractivity contribution in [2.45, 2.75) is 18.6 Å². The molecule has 0 aliphatic carbocycles. The summed E-state index contributed by atoms with van der Waals surface area (Å²) in [6, 6.07) is 2.98. The molecule has 1 aromatic carbocycles. The number of hydrogen-bond acceptors (Lipinski definition) is 11. The fourth-order valence-electron chi connectivity index (χ4n) is 5.19. The zero-order valence-electron chi connectivity index (χ0n) is 23.3. The summed E-state index contributed by atoms with van der Waals surface area (Å²) in [5.74, 6) is -0.499. The minimum atomic E-state index is -0.795. The molecular weight excluding hydrogens is 567 g/mol. The Kier molecular flexibility index (Phi) is 8.71. The normalized spacial score (nSPS) is 19.2. The maximum atomic E-state index is 14.5. The Hall–Kier alpha value is -4.07. The number of nitrogen functional groups attached to an aromatic ring is 1. The van der Waals surface area contributed by atoms with Gasteiger partial charge >= 0.3 is 6.01 Å². The highest BCUT2D eigenvalue weighted by Gasteiger charge is 2.31. The van der Waals surface area contributed by atoms with Crippen molar-refractivity contribution in [3.63, 3.8) is 0 Å². The predicted octanol–water partition coefficient (Wildman–Crippen LogP) is 3.12. The summed E-state index contributed by atoms with van der Waals surface area (Å²) < 4.78 is 32.2. The number of fused-ring (bicyclic) bond motifs is 1. The van der Waals surface area contributed by atoms with Gasteiger partial charge in [-0.2, -0.15) is 9.97 Å². The first-order chi connectivity index (χ1) is 20.2. The Labute approximate surface area is 247 Å². The number of benzene rings is 1. The summed E-state index contributed by atoms with van der Waals surface area (Å²) in [6.07, 6.45) is 4.67. The maximum Gasteiger partial charge on any atom is 0.319 e. The van der Waals surface area contributed by atoms with Crippen molar-refractivity contribution < 1.29 is 23.4 Å². The fourth-order valence-corrected chi connectivity index (χ4v) is 5.38. The van der Waals surface area contributed by atoms with Crippen LogP contribution in [0.3, 0.4) is 0 Å². The number of anilines is 2. The number of methoxy groups -OCH3 is 1. The first-order valence-corrected chi connectivity index (χ1v) is 13.8. The Morgan fingerprint density at radius 3 is 2.74 bits per heavy atom. The second-order valence-electron chi connectivity index (χ2n) is 10.1. The molecule has 12 nitrogen and oxygen atoms in total. The lowest BCUT2D eigenvalue weighted by atomic mass is 10.1. The number of nitrogens with two attached hydrogens (primary N) is 1. The van der Waals surface area contributed by atoms with Crippen LogP contribution < -0.4 is 20.1 Å². The summed E-state index contributed by atoms with van der Waals surface area (Å²) in [4.78, 5) is 31.8. The average molecular weight is 599 g/mol. The third-order valence-corrected chi connectivity index (χ3v) is 7.94. The SMILES string of the molecule is C=CC(=O)N1CCN(c2nc(OC[C@@H]3C[C@@H](OC)CN3C)nc3c(Oc4c(Cl)c(F)cc(N)c4C=N)nccc23)CC1. The monoisotopic (exact) mass is 598 g/mol. The van der Waals surface area contributed by atoms with Crippen LogP contribution in [0.25, 0.3) is 10.9 Å². The molecule has 4 heterocycles. The molecule has 5 rings (SSSR count). The molecule has 2 aliphatic rings. The van der Waals surface area contributed by atoms with Crippen molar-refractivity contribution in [1.82, 2.24) is 24.8 Å². The van der Waals surface area contributed by atoms with Crippen LogP contribution in [0.2, 0.25) is 5.02 Å². The molecule has 0 spiro atoms. The Balaban J connectivity index is 1.54. The third-order valence-electron chi connectivity index (χ3n) is 7.58. The largest absolute Gasteiger partial charge is 0.462 e. The van der Waals surface area contributed by atoms with E-state index in [-0.39, 0.29) is 52.0 Å². The minimum absolute atomic E-state index is 0.00824. The standard InChI is InChI=1S/C28H32ClFN8O4/c1-4-22(39)37-7-9-38(10-8-37)26-18-5-6-33-27(42-25-19(13-31)21(32)12-20(30)23(25)29)24(18)34-28(35-26)41-15-16-11-17(40-3)14-36(16)2/h4-6,12-13,16-17,31H,1,7-11,14-15,32H2,2-3H3/t16-,17+/m0/s1. The van der Waals surface area contributed by atoms with Crippen molar-refractivity contribution in [2.75, 3.05) is 64.1 Å². The smallest absolute Gasteiger partial charge is 0.319 e.